The fraction of sp³-hybridized carbons (Fsp3) is 0.400. The van der Waals surface area contributed by atoms with Gasteiger partial charge in [0, 0.05) is 25.4 Å². The molecule has 2 aromatic heterocycles. The first-order valence-electron chi connectivity index (χ1n) is 7.06. The summed E-state index contributed by atoms with van der Waals surface area (Å²) in [5.74, 6) is -1.30. The van der Waals surface area contributed by atoms with Gasteiger partial charge in [-0.3, -0.25) is 9.59 Å². The number of aromatic nitrogens is 1. The topological polar surface area (TPSA) is 70.5 Å². The zero-order valence-electron chi connectivity index (χ0n) is 13.0. The number of nitrogens with zero attached hydrogens (tertiary/aromatic N) is 2. The smallest absolute Gasteiger partial charge is 0.433 e. The first-order valence-corrected chi connectivity index (χ1v) is 7.87. The van der Waals surface area contributed by atoms with E-state index in [9.17, 15) is 22.8 Å². The zero-order chi connectivity index (χ0) is 18.1. The molecule has 24 heavy (non-hydrogen) atoms. The molecule has 0 unspecified atom stereocenters. The number of rotatable bonds is 5. The zero-order valence-corrected chi connectivity index (χ0v) is 13.8. The maximum atomic E-state index is 12.7. The molecular formula is C15H15F3N2O3S. The molecule has 2 rings (SSSR count). The van der Waals surface area contributed by atoms with Gasteiger partial charge in [0.05, 0.1) is 4.88 Å². The number of aliphatic carboxylic acids is 1. The van der Waals surface area contributed by atoms with Crippen LogP contribution in [0, 0.1) is 6.92 Å². The minimum Gasteiger partial charge on any atom is -0.481 e. The molecule has 0 aliphatic rings. The summed E-state index contributed by atoms with van der Waals surface area (Å²) in [7, 11) is 1.53. The second kappa shape index (κ2) is 6.76. The van der Waals surface area contributed by atoms with Crippen molar-refractivity contribution in [1.29, 1.82) is 0 Å². The van der Waals surface area contributed by atoms with Crippen molar-refractivity contribution in [2.75, 3.05) is 13.6 Å². The molecule has 1 N–H and O–H groups in total. The molecule has 0 saturated heterocycles. The highest BCUT2D eigenvalue weighted by molar-refractivity contribution is 7.20. The number of carbonyl (C=O) groups is 2. The molecule has 0 aliphatic heterocycles. The van der Waals surface area contributed by atoms with Gasteiger partial charge < -0.3 is 10.0 Å². The summed E-state index contributed by atoms with van der Waals surface area (Å²) >= 11 is 0.912. The van der Waals surface area contributed by atoms with Gasteiger partial charge in [0.25, 0.3) is 5.91 Å². The van der Waals surface area contributed by atoms with Crippen LogP contribution in [0.4, 0.5) is 13.2 Å². The Morgan fingerprint density at radius 1 is 1.33 bits per heavy atom. The van der Waals surface area contributed by atoms with Crippen LogP contribution < -0.4 is 0 Å². The number of pyridine rings is 1. The average molecular weight is 360 g/mol. The molecule has 2 aromatic rings. The normalized spacial score (nSPS) is 11.7. The van der Waals surface area contributed by atoms with Gasteiger partial charge in [-0.2, -0.15) is 13.2 Å². The van der Waals surface area contributed by atoms with Crippen LogP contribution >= 0.6 is 11.3 Å². The minimum atomic E-state index is -4.54. The lowest BCUT2D eigenvalue weighted by molar-refractivity contribution is -0.141. The van der Waals surface area contributed by atoms with Crippen LogP contribution in [0.3, 0.4) is 0 Å². The van der Waals surface area contributed by atoms with E-state index in [1.165, 1.54) is 18.0 Å². The molecule has 0 atom stereocenters. The summed E-state index contributed by atoms with van der Waals surface area (Å²) in [6, 6.07) is 2.21. The maximum absolute atomic E-state index is 12.7. The second-order valence-electron chi connectivity index (χ2n) is 5.33. The number of thiophene rings is 1. The van der Waals surface area contributed by atoms with Crippen molar-refractivity contribution in [1.82, 2.24) is 9.88 Å². The fourth-order valence-electron chi connectivity index (χ4n) is 2.20. The Morgan fingerprint density at radius 2 is 2.00 bits per heavy atom. The lowest BCUT2D eigenvalue weighted by Crippen LogP contribution is -2.27. The molecule has 0 saturated carbocycles. The van der Waals surface area contributed by atoms with E-state index in [1.807, 2.05) is 0 Å². The van der Waals surface area contributed by atoms with Gasteiger partial charge in [0.1, 0.15) is 10.5 Å². The first kappa shape index (κ1) is 18.2. The summed E-state index contributed by atoms with van der Waals surface area (Å²) in [5, 5.41) is 9.12. The van der Waals surface area contributed by atoms with Gasteiger partial charge >= 0.3 is 12.1 Å². The number of carboxylic acid groups (broad SMARTS) is 1. The molecule has 5 nitrogen and oxygen atoms in total. The lowest BCUT2D eigenvalue weighted by Gasteiger charge is -2.16. The summed E-state index contributed by atoms with van der Waals surface area (Å²) < 4.78 is 38.2. The third-order valence-corrected chi connectivity index (χ3v) is 4.71. The van der Waals surface area contributed by atoms with E-state index in [0.717, 1.165) is 17.4 Å². The number of aryl methyl sites for hydroxylation is 1. The van der Waals surface area contributed by atoms with Gasteiger partial charge in [0.15, 0.2) is 0 Å². The molecule has 0 bridgehead atoms. The monoisotopic (exact) mass is 360 g/mol. The quantitative estimate of drug-likeness (QED) is 0.885. The van der Waals surface area contributed by atoms with E-state index in [4.69, 9.17) is 5.11 Å². The van der Waals surface area contributed by atoms with Crippen LogP contribution in [0.2, 0.25) is 0 Å². The second-order valence-corrected chi connectivity index (χ2v) is 6.33. The lowest BCUT2D eigenvalue weighted by atomic mass is 10.1. The predicted molar refractivity (Wildman–Crippen MR) is 83.2 cm³/mol. The fourth-order valence-corrected chi connectivity index (χ4v) is 3.38. The Labute approximate surface area is 139 Å². The molecule has 9 heteroatoms. The van der Waals surface area contributed by atoms with Crippen molar-refractivity contribution < 1.29 is 27.9 Å². The maximum Gasteiger partial charge on any atom is 0.433 e. The van der Waals surface area contributed by atoms with Crippen molar-refractivity contribution in [3.63, 3.8) is 0 Å². The third-order valence-electron chi connectivity index (χ3n) is 3.52. The van der Waals surface area contributed by atoms with Crippen LogP contribution in [-0.4, -0.2) is 40.5 Å². The van der Waals surface area contributed by atoms with Crippen LogP contribution in [0.25, 0.3) is 10.2 Å². The van der Waals surface area contributed by atoms with E-state index < -0.39 is 17.8 Å². The number of amides is 1. The molecule has 0 aromatic carbocycles. The van der Waals surface area contributed by atoms with Crippen molar-refractivity contribution in [2.24, 2.45) is 0 Å². The molecule has 1 amide bonds. The van der Waals surface area contributed by atoms with Gasteiger partial charge in [-0.25, -0.2) is 4.98 Å². The predicted octanol–water partition coefficient (Wildman–Crippen LogP) is 3.56. The van der Waals surface area contributed by atoms with Crippen molar-refractivity contribution in [3.8, 4) is 0 Å². The van der Waals surface area contributed by atoms with Gasteiger partial charge in [-0.05, 0) is 31.0 Å². The molecule has 0 aliphatic carbocycles. The number of hydrogen-bond acceptors (Lipinski definition) is 4. The number of carboxylic acids is 1. The van der Waals surface area contributed by atoms with Gasteiger partial charge in [-0.15, -0.1) is 11.3 Å². The summed E-state index contributed by atoms with van der Waals surface area (Å²) in [5.41, 5.74) is -0.420. The molecule has 0 spiro atoms. The van der Waals surface area contributed by atoms with Crippen molar-refractivity contribution in [3.05, 3.63) is 28.3 Å². The third kappa shape index (κ3) is 3.84. The van der Waals surface area contributed by atoms with Crippen LogP contribution in [0.1, 0.15) is 33.8 Å². The van der Waals surface area contributed by atoms with Crippen molar-refractivity contribution >= 4 is 33.4 Å². The number of halogens is 3. The van der Waals surface area contributed by atoms with E-state index >= 15 is 0 Å². The van der Waals surface area contributed by atoms with Gasteiger partial charge in [-0.1, -0.05) is 0 Å². The standard InChI is InChI=1S/C15H15F3N2O3S/c1-8-9-5-6-10(15(16,17)18)19-13(9)24-12(8)14(23)20(2)7-3-4-11(21)22/h5-6H,3-4,7H2,1-2H3,(H,21,22). The Hall–Kier alpha value is -2.16. The Morgan fingerprint density at radius 3 is 2.58 bits per heavy atom. The van der Waals surface area contributed by atoms with E-state index in [1.54, 1.807) is 6.92 Å². The summed E-state index contributed by atoms with van der Waals surface area (Å²) in [6.45, 7) is 1.91. The minimum absolute atomic E-state index is 0.0560. The molecule has 2 heterocycles. The highest BCUT2D eigenvalue weighted by atomic mass is 32.1. The Kier molecular flexibility index (Phi) is 5.12. The Bertz CT molecular complexity index is 786. The molecule has 130 valence electrons. The SMILES string of the molecule is Cc1c(C(=O)N(C)CCCC(=O)O)sc2nc(C(F)(F)F)ccc12. The number of alkyl halides is 3. The molecule has 0 radical (unpaired) electrons. The highest BCUT2D eigenvalue weighted by Gasteiger charge is 2.33. The van der Waals surface area contributed by atoms with E-state index in [0.29, 0.717) is 22.2 Å². The largest absolute Gasteiger partial charge is 0.481 e. The van der Waals surface area contributed by atoms with Crippen molar-refractivity contribution in [2.45, 2.75) is 25.9 Å². The van der Waals surface area contributed by atoms with E-state index in [2.05, 4.69) is 4.98 Å². The number of hydrogen-bond donors (Lipinski definition) is 1. The Balaban J connectivity index is 2.27. The average Bonchev–Trinajstić information content (AvgIpc) is 2.81. The number of fused-ring (bicyclic) bond motifs is 1. The number of carbonyl (C=O) groups excluding carboxylic acids is 1. The molecule has 0 fully saturated rings. The summed E-state index contributed by atoms with van der Waals surface area (Å²) in [6.07, 6.45) is -4.29. The van der Waals surface area contributed by atoms with Crippen LogP contribution in [-0.2, 0) is 11.0 Å². The van der Waals surface area contributed by atoms with Gasteiger partial charge in [0.2, 0.25) is 0 Å². The highest BCUT2D eigenvalue weighted by Crippen LogP contribution is 2.34. The first-order chi connectivity index (χ1) is 11.1. The van der Waals surface area contributed by atoms with Crippen LogP contribution in [0.5, 0.6) is 0 Å². The summed E-state index contributed by atoms with van der Waals surface area (Å²) in [4.78, 5) is 28.4. The molecular weight excluding hydrogens is 345 g/mol. The van der Waals surface area contributed by atoms with E-state index in [-0.39, 0.29) is 23.7 Å². The van der Waals surface area contributed by atoms with Crippen LogP contribution in [0.15, 0.2) is 12.1 Å².